The van der Waals surface area contributed by atoms with E-state index in [1.807, 2.05) is 0 Å². The fourth-order valence-corrected chi connectivity index (χ4v) is 2.76. The van der Waals surface area contributed by atoms with Crippen LogP contribution in [0.4, 0.5) is 18.9 Å². The lowest BCUT2D eigenvalue weighted by atomic mass is 10.1. The molecule has 4 nitrogen and oxygen atoms in total. The first-order valence-corrected chi connectivity index (χ1v) is 7.89. The molecular weight excluding hydrogens is 345 g/mol. The summed E-state index contributed by atoms with van der Waals surface area (Å²) in [6.07, 6.45) is 0. The topological polar surface area (TPSA) is 51.1 Å². The van der Waals surface area contributed by atoms with Crippen molar-refractivity contribution in [2.24, 2.45) is 0 Å². The third kappa shape index (κ3) is 3.20. The zero-order chi connectivity index (χ0) is 19.0. The first kappa shape index (κ1) is 17.7. The predicted molar refractivity (Wildman–Crippen MR) is 92.9 cm³/mol. The Morgan fingerprint density at radius 1 is 1.00 bits per heavy atom. The average Bonchev–Trinajstić information content (AvgIpc) is 2.57. The fourth-order valence-electron chi connectivity index (χ4n) is 2.76. The van der Waals surface area contributed by atoms with Gasteiger partial charge in [0.05, 0.1) is 11.1 Å². The summed E-state index contributed by atoms with van der Waals surface area (Å²) in [5, 5.41) is 2.87. The molecule has 0 fully saturated rings. The number of amides is 1. The van der Waals surface area contributed by atoms with Gasteiger partial charge in [-0.05, 0) is 49.6 Å². The van der Waals surface area contributed by atoms with E-state index in [1.165, 1.54) is 22.8 Å². The average molecular weight is 360 g/mol. The lowest BCUT2D eigenvalue weighted by Gasteiger charge is -2.17. The van der Waals surface area contributed by atoms with Crippen molar-refractivity contribution in [3.05, 3.63) is 76.0 Å². The van der Waals surface area contributed by atoms with Gasteiger partial charge in [-0.1, -0.05) is 6.07 Å². The summed E-state index contributed by atoms with van der Waals surface area (Å²) in [6.45, 7) is 3.39. The van der Waals surface area contributed by atoms with Crippen molar-refractivity contribution in [1.82, 2.24) is 4.57 Å². The molecule has 1 N–H and O–H groups in total. The summed E-state index contributed by atoms with van der Waals surface area (Å²) in [7, 11) is 0. The molecule has 0 spiro atoms. The van der Waals surface area contributed by atoms with E-state index in [0.29, 0.717) is 11.5 Å². The van der Waals surface area contributed by atoms with E-state index in [0.717, 1.165) is 18.2 Å². The standard InChI is InChI=1S/C19H15F3N2O2/c1-10(2)24-17(7-11-3-4-12(20)8-14(11)19(24)26)18(25)23-16-6-5-13(21)9-15(16)22/h3-10H,1-2H3,(H,23,25). The van der Waals surface area contributed by atoms with Gasteiger partial charge in [0, 0.05) is 12.1 Å². The number of anilines is 1. The molecule has 7 heteroatoms. The number of rotatable bonds is 3. The van der Waals surface area contributed by atoms with Gasteiger partial charge in [0.2, 0.25) is 0 Å². The lowest BCUT2D eigenvalue weighted by Crippen LogP contribution is -2.30. The van der Waals surface area contributed by atoms with E-state index >= 15 is 0 Å². The van der Waals surface area contributed by atoms with E-state index in [9.17, 15) is 22.8 Å². The highest BCUT2D eigenvalue weighted by molar-refractivity contribution is 6.05. The van der Waals surface area contributed by atoms with Crippen LogP contribution >= 0.6 is 0 Å². The molecule has 0 saturated heterocycles. The van der Waals surface area contributed by atoms with Crippen LogP contribution in [-0.2, 0) is 0 Å². The van der Waals surface area contributed by atoms with Crippen molar-refractivity contribution in [1.29, 1.82) is 0 Å². The van der Waals surface area contributed by atoms with Gasteiger partial charge < -0.3 is 9.88 Å². The summed E-state index contributed by atoms with van der Waals surface area (Å²) < 4.78 is 41.5. The Hall–Kier alpha value is -3.09. The second-order valence-corrected chi connectivity index (χ2v) is 6.11. The summed E-state index contributed by atoms with van der Waals surface area (Å²) in [6, 6.07) is 7.48. The number of halogens is 3. The zero-order valence-corrected chi connectivity index (χ0v) is 14.0. The highest BCUT2D eigenvalue weighted by Gasteiger charge is 2.19. The van der Waals surface area contributed by atoms with Crippen LogP contribution in [0.3, 0.4) is 0 Å². The van der Waals surface area contributed by atoms with E-state index in [2.05, 4.69) is 5.32 Å². The second-order valence-electron chi connectivity index (χ2n) is 6.11. The van der Waals surface area contributed by atoms with Gasteiger partial charge in [0.15, 0.2) is 0 Å². The van der Waals surface area contributed by atoms with Crippen LogP contribution in [-0.4, -0.2) is 10.5 Å². The molecule has 1 amide bonds. The van der Waals surface area contributed by atoms with Crippen LogP contribution in [0.5, 0.6) is 0 Å². The SMILES string of the molecule is CC(C)n1c(C(=O)Nc2ccc(F)cc2F)cc2ccc(F)cc2c1=O. The maximum Gasteiger partial charge on any atom is 0.272 e. The van der Waals surface area contributed by atoms with Gasteiger partial charge in [-0.2, -0.15) is 0 Å². The molecule has 0 bridgehead atoms. The molecule has 0 aliphatic carbocycles. The van der Waals surface area contributed by atoms with Crippen molar-refractivity contribution in [2.75, 3.05) is 5.32 Å². The molecule has 0 radical (unpaired) electrons. The molecule has 0 aliphatic heterocycles. The van der Waals surface area contributed by atoms with Gasteiger partial charge in [0.1, 0.15) is 23.1 Å². The molecule has 2 aromatic carbocycles. The second kappa shape index (κ2) is 6.67. The van der Waals surface area contributed by atoms with Gasteiger partial charge in [-0.25, -0.2) is 13.2 Å². The number of fused-ring (bicyclic) bond motifs is 1. The Kier molecular flexibility index (Phi) is 4.54. The minimum Gasteiger partial charge on any atom is -0.318 e. The smallest absolute Gasteiger partial charge is 0.272 e. The first-order valence-electron chi connectivity index (χ1n) is 7.89. The number of carbonyl (C=O) groups excluding carboxylic acids is 1. The Bertz CT molecular complexity index is 1070. The quantitative estimate of drug-likeness (QED) is 0.759. The molecule has 3 rings (SSSR count). The van der Waals surface area contributed by atoms with Crippen molar-refractivity contribution >= 4 is 22.4 Å². The number of carbonyl (C=O) groups is 1. The summed E-state index contributed by atoms with van der Waals surface area (Å²) in [5.41, 5.74) is -0.743. The number of nitrogens with one attached hydrogen (secondary N) is 1. The minimum atomic E-state index is -0.931. The van der Waals surface area contributed by atoms with Crippen LogP contribution in [0.1, 0.15) is 30.4 Å². The van der Waals surface area contributed by atoms with Crippen molar-refractivity contribution in [2.45, 2.75) is 19.9 Å². The van der Waals surface area contributed by atoms with Gasteiger partial charge in [-0.3, -0.25) is 9.59 Å². The van der Waals surface area contributed by atoms with Crippen LogP contribution in [0, 0.1) is 17.5 Å². The maximum atomic E-state index is 13.8. The third-order valence-corrected chi connectivity index (χ3v) is 3.94. The van der Waals surface area contributed by atoms with Crippen LogP contribution in [0.15, 0.2) is 47.3 Å². The van der Waals surface area contributed by atoms with E-state index in [1.54, 1.807) is 13.8 Å². The molecule has 3 aromatic rings. The van der Waals surface area contributed by atoms with Crippen molar-refractivity contribution in [3.63, 3.8) is 0 Å². The van der Waals surface area contributed by atoms with Crippen LogP contribution in [0.25, 0.3) is 10.8 Å². The summed E-state index contributed by atoms with van der Waals surface area (Å²) in [4.78, 5) is 25.3. The monoisotopic (exact) mass is 360 g/mol. The molecule has 1 heterocycles. The number of aromatic nitrogens is 1. The van der Waals surface area contributed by atoms with Gasteiger partial charge in [-0.15, -0.1) is 0 Å². The summed E-state index contributed by atoms with van der Waals surface area (Å²) >= 11 is 0. The normalized spacial score (nSPS) is 11.2. The number of hydrogen-bond donors (Lipinski definition) is 1. The molecule has 134 valence electrons. The number of hydrogen-bond acceptors (Lipinski definition) is 2. The molecule has 0 unspecified atom stereocenters. The number of pyridine rings is 1. The van der Waals surface area contributed by atoms with E-state index in [4.69, 9.17) is 0 Å². The molecule has 0 atom stereocenters. The largest absolute Gasteiger partial charge is 0.318 e. The lowest BCUT2D eigenvalue weighted by molar-refractivity contribution is 0.101. The number of nitrogens with zero attached hydrogens (tertiary/aromatic N) is 1. The Morgan fingerprint density at radius 2 is 1.65 bits per heavy atom. The van der Waals surface area contributed by atoms with Crippen LogP contribution in [0.2, 0.25) is 0 Å². The molecule has 0 saturated carbocycles. The highest BCUT2D eigenvalue weighted by atomic mass is 19.1. The van der Waals surface area contributed by atoms with E-state index < -0.39 is 35.0 Å². The van der Waals surface area contributed by atoms with Crippen molar-refractivity contribution in [3.8, 4) is 0 Å². The molecule has 1 aromatic heterocycles. The molecule has 0 aliphatic rings. The van der Waals surface area contributed by atoms with Gasteiger partial charge >= 0.3 is 0 Å². The summed E-state index contributed by atoms with van der Waals surface area (Å²) in [5.74, 6) is -2.99. The highest BCUT2D eigenvalue weighted by Crippen LogP contribution is 2.20. The Morgan fingerprint density at radius 3 is 2.31 bits per heavy atom. The van der Waals surface area contributed by atoms with E-state index in [-0.39, 0.29) is 16.8 Å². The first-order chi connectivity index (χ1) is 12.3. The minimum absolute atomic E-state index is 0.00664. The molecular formula is C19H15F3N2O2. The maximum absolute atomic E-state index is 13.8. The fraction of sp³-hybridized carbons (Fsp3) is 0.158. The molecule has 26 heavy (non-hydrogen) atoms. The predicted octanol–water partition coefficient (Wildman–Crippen LogP) is 4.25. The zero-order valence-electron chi connectivity index (χ0n) is 14.0. The number of benzene rings is 2. The van der Waals surface area contributed by atoms with Crippen LogP contribution < -0.4 is 10.9 Å². The Labute approximate surface area is 146 Å². The third-order valence-electron chi connectivity index (χ3n) is 3.94. The Balaban J connectivity index is 2.13. The van der Waals surface area contributed by atoms with Gasteiger partial charge in [0.25, 0.3) is 11.5 Å². The van der Waals surface area contributed by atoms with Crippen molar-refractivity contribution < 1.29 is 18.0 Å².